The van der Waals surface area contributed by atoms with Gasteiger partial charge in [0.05, 0.1) is 6.04 Å². The van der Waals surface area contributed by atoms with Gasteiger partial charge in [0.1, 0.15) is 18.5 Å². The van der Waals surface area contributed by atoms with Gasteiger partial charge < -0.3 is 24.6 Å². The zero-order chi connectivity index (χ0) is 28.7. The number of rotatable bonds is 12. The van der Waals surface area contributed by atoms with E-state index in [0.29, 0.717) is 18.7 Å². The molecule has 1 unspecified atom stereocenters. The number of aliphatic hydroxyl groups is 1. The van der Waals surface area contributed by atoms with E-state index in [4.69, 9.17) is 14.9 Å². The molecule has 4 rings (SSSR count). The fraction of sp³-hybridized carbons (Fsp3) is 0.188. The lowest BCUT2D eigenvalue weighted by atomic mass is 9.98. The van der Waals surface area contributed by atoms with Crippen molar-refractivity contribution >= 4 is 11.9 Å². The van der Waals surface area contributed by atoms with Crippen molar-refractivity contribution < 1.29 is 29.6 Å². The van der Waals surface area contributed by atoms with E-state index in [1.165, 1.54) is 16.8 Å². The summed E-state index contributed by atoms with van der Waals surface area (Å²) in [6, 6.07) is 35.1. The van der Waals surface area contributed by atoms with Gasteiger partial charge in [-0.15, -0.1) is 0 Å². The van der Waals surface area contributed by atoms with E-state index in [2.05, 4.69) is 88.5 Å². The summed E-state index contributed by atoms with van der Waals surface area (Å²) in [5.41, 5.74) is 3.69. The van der Waals surface area contributed by atoms with Gasteiger partial charge in [-0.25, -0.2) is 9.59 Å². The number of likely N-dealkylation sites (N-methyl/N-ethyl adjacent to an activating group) is 1. The molecule has 8 nitrogen and oxygen atoms in total. The number of aliphatic hydroxyl groups excluding tert-OH is 1. The molecule has 0 saturated heterocycles. The normalized spacial score (nSPS) is 11.7. The molecule has 0 spiro atoms. The second-order valence-corrected chi connectivity index (χ2v) is 9.12. The first-order valence-corrected chi connectivity index (χ1v) is 12.8. The first-order chi connectivity index (χ1) is 19.3. The molecule has 40 heavy (non-hydrogen) atoms. The molecule has 0 amide bonds. The number of carbonyl (C=O) groups is 2. The number of hydrogen-bond acceptors (Lipinski definition) is 5. The quantitative estimate of drug-likeness (QED) is 0.222. The van der Waals surface area contributed by atoms with Gasteiger partial charge in [-0.2, -0.15) is 0 Å². The van der Waals surface area contributed by atoms with Gasteiger partial charge >= 0.3 is 11.9 Å². The highest BCUT2D eigenvalue weighted by molar-refractivity contribution is 5.89. The van der Waals surface area contributed by atoms with Crippen LogP contribution in [-0.4, -0.2) is 63.0 Å². The summed E-state index contributed by atoms with van der Waals surface area (Å²) in [7, 11) is 2.03. The van der Waals surface area contributed by atoms with Crippen LogP contribution in [0.2, 0.25) is 0 Å². The molecule has 1 atom stereocenters. The third-order valence-electron chi connectivity index (χ3n) is 5.88. The highest BCUT2D eigenvalue weighted by Crippen LogP contribution is 2.28. The average molecular weight is 543 g/mol. The SMILES string of the molecule is CN(Cc1cccn1C(c1ccccc1)c1ccccc1)CC(O)COc1ccccc1.O=C(O)/C=C/C(=O)O. The highest BCUT2D eigenvalue weighted by atomic mass is 16.5. The average Bonchev–Trinajstić information content (AvgIpc) is 3.40. The molecule has 0 bridgehead atoms. The number of para-hydroxylation sites is 1. The molecule has 0 fully saturated rings. The summed E-state index contributed by atoms with van der Waals surface area (Å²) in [6.07, 6.45) is 2.69. The van der Waals surface area contributed by atoms with E-state index in [1.807, 2.05) is 37.4 Å². The molecule has 4 aromatic rings. The maximum absolute atomic E-state index is 10.5. The molecular formula is C32H34N2O6. The van der Waals surface area contributed by atoms with Crippen LogP contribution in [0.5, 0.6) is 5.75 Å². The summed E-state index contributed by atoms with van der Waals surface area (Å²) in [5, 5.41) is 26.1. The molecule has 0 aliphatic rings. The Hall–Kier alpha value is -4.66. The molecule has 3 N–H and O–H groups in total. The zero-order valence-corrected chi connectivity index (χ0v) is 22.3. The minimum absolute atomic E-state index is 0.0992. The molecule has 8 heteroatoms. The Morgan fingerprint density at radius 3 is 1.80 bits per heavy atom. The van der Waals surface area contributed by atoms with E-state index in [0.717, 1.165) is 12.3 Å². The van der Waals surface area contributed by atoms with Crippen LogP contribution in [0.1, 0.15) is 22.9 Å². The Morgan fingerprint density at radius 2 is 1.30 bits per heavy atom. The van der Waals surface area contributed by atoms with Crippen molar-refractivity contribution in [2.24, 2.45) is 0 Å². The molecule has 0 saturated carbocycles. The van der Waals surface area contributed by atoms with Crippen molar-refractivity contribution in [3.8, 4) is 5.75 Å². The molecule has 1 heterocycles. The lowest BCUT2D eigenvalue weighted by Gasteiger charge is -2.26. The maximum atomic E-state index is 10.5. The summed E-state index contributed by atoms with van der Waals surface area (Å²) in [6.45, 7) is 1.52. The van der Waals surface area contributed by atoms with Crippen molar-refractivity contribution in [3.63, 3.8) is 0 Å². The lowest BCUT2D eigenvalue weighted by Crippen LogP contribution is -2.33. The first kappa shape index (κ1) is 29.9. The zero-order valence-electron chi connectivity index (χ0n) is 22.3. The Labute approximate surface area is 234 Å². The maximum Gasteiger partial charge on any atom is 0.328 e. The molecule has 0 aliphatic carbocycles. The number of nitrogens with zero attached hydrogens (tertiary/aromatic N) is 2. The number of hydrogen-bond donors (Lipinski definition) is 3. The van der Waals surface area contributed by atoms with Crippen LogP contribution in [-0.2, 0) is 16.1 Å². The Kier molecular flexibility index (Phi) is 11.7. The fourth-order valence-electron chi connectivity index (χ4n) is 4.20. The first-order valence-electron chi connectivity index (χ1n) is 12.8. The Balaban J connectivity index is 0.000000482. The number of benzene rings is 3. The van der Waals surface area contributed by atoms with Crippen LogP contribution in [0.15, 0.2) is 121 Å². The van der Waals surface area contributed by atoms with Crippen molar-refractivity contribution in [3.05, 3.63) is 138 Å². The van der Waals surface area contributed by atoms with E-state index < -0.39 is 18.0 Å². The highest BCUT2D eigenvalue weighted by Gasteiger charge is 2.19. The van der Waals surface area contributed by atoms with Crippen molar-refractivity contribution in [2.45, 2.75) is 18.7 Å². The van der Waals surface area contributed by atoms with E-state index >= 15 is 0 Å². The number of ether oxygens (including phenoxy) is 1. The van der Waals surface area contributed by atoms with Crippen molar-refractivity contribution in [2.75, 3.05) is 20.2 Å². The minimum atomic E-state index is -1.26. The Bertz CT molecular complexity index is 1280. The van der Waals surface area contributed by atoms with Crippen LogP contribution < -0.4 is 4.74 Å². The third kappa shape index (κ3) is 9.90. The van der Waals surface area contributed by atoms with Crippen LogP contribution in [0.25, 0.3) is 0 Å². The van der Waals surface area contributed by atoms with Gasteiger partial charge in [-0.05, 0) is 42.4 Å². The minimum Gasteiger partial charge on any atom is -0.491 e. The second kappa shape index (κ2) is 15.7. The summed E-state index contributed by atoms with van der Waals surface area (Å²) in [5.74, 6) is -1.74. The molecule has 1 aromatic heterocycles. The number of aliphatic carboxylic acids is 2. The monoisotopic (exact) mass is 542 g/mol. The number of carboxylic acid groups (broad SMARTS) is 2. The van der Waals surface area contributed by atoms with Gasteiger partial charge in [0.15, 0.2) is 0 Å². The Morgan fingerprint density at radius 1 is 0.800 bits per heavy atom. The van der Waals surface area contributed by atoms with Gasteiger partial charge in [0.25, 0.3) is 0 Å². The molecule has 0 aliphatic heterocycles. The molecular weight excluding hydrogens is 508 g/mol. The van der Waals surface area contributed by atoms with E-state index in [9.17, 15) is 14.7 Å². The predicted molar refractivity (Wildman–Crippen MR) is 153 cm³/mol. The van der Waals surface area contributed by atoms with Crippen molar-refractivity contribution in [1.29, 1.82) is 0 Å². The standard InChI is InChI=1S/C28H30N2O2.C4H4O4/c1-29(21-26(31)22-32-27-17-9-4-10-18-27)20-25-16-11-19-30(25)28(23-12-5-2-6-13-23)24-14-7-3-8-15-24;5-3(6)1-2-4(7)8/h2-19,26,28,31H,20-22H2,1H3;1-2H,(H,5,6)(H,7,8)/b;2-1+. The summed E-state index contributed by atoms with van der Waals surface area (Å²) in [4.78, 5) is 21.2. The number of aromatic nitrogens is 1. The molecule has 208 valence electrons. The van der Waals surface area contributed by atoms with Gasteiger partial charge in [0, 0.05) is 37.1 Å². The van der Waals surface area contributed by atoms with E-state index in [-0.39, 0.29) is 12.6 Å². The van der Waals surface area contributed by atoms with Crippen molar-refractivity contribution in [1.82, 2.24) is 9.47 Å². The van der Waals surface area contributed by atoms with Crippen LogP contribution in [0.3, 0.4) is 0 Å². The van der Waals surface area contributed by atoms with E-state index in [1.54, 1.807) is 0 Å². The third-order valence-corrected chi connectivity index (χ3v) is 5.88. The largest absolute Gasteiger partial charge is 0.491 e. The second-order valence-electron chi connectivity index (χ2n) is 9.12. The summed E-state index contributed by atoms with van der Waals surface area (Å²) >= 11 is 0. The van der Waals surface area contributed by atoms with Gasteiger partial charge in [0.2, 0.25) is 0 Å². The predicted octanol–water partition coefficient (Wildman–Crippen LogP) is 4.71. The molecule has 0 radical (unpaired) electrons. The van der Waals surface area contributed by atoms with Gasteiger partial charge in [-0.3, -0.25) is 4.90 Å². The van der Waals surface area contributed by atoms with Crippen LogP contribution in [0, 0.1) is 0 Å². The van der Waals surface area contributed by atoms with Crippen LogP contribution >= 0.6 is 0 Å². The lowest BCUT2D eigenvalue weighted by molar-refractivity contribution is -0.134. The van der Waals surface area contributed by atoms with Crippen LogP contribution in [0.4, 0.5) is 0 Å². The fourth-order valence-corrected chi connectivity index (χ4v) is 4.20. The topological polar surface area (TPSA) is 112 Å². The smallest absolute Gasteiger partial charge is 0.328 e. The molecule has 3 aromatic carbocycles. The number of carboxylic acids is 2. The summed E-state index contributed by atoms with van der Waals surface area (Å²) < 4.78 is 8.03. The van der Waals surface area contributed by atoms with Gasteiger partial charge in [-0.1, -0.05) is 78.9 Å².